The van der Waals surface area contributed by atoms with Crippen molar-refractivity contribution in [2.75, 3.05) is 20.2 Å². The van der Waals surface area contributed by atoms with E-state index in [4.69, 9.17) is 15.2 Å². The minimum absolute atomic E-state index is 0.0433. The minimum atomic E-state index is -0.142. The van der Waals surface area contributed by atoms with Gasteiger partial charge in [0.1, 0.15) is 6.61 Å². The van der Waals surface area contributed by atoms with Gasteiger partial charge in [-0.05, 0) is 18.6 Å². The molecule has 1 aromatic rings. The molecule has 0 fully saturated rings. The molecule has 1 amide bonds. The first-order valence-corrected chi connectivity index (χ1v) is 6.98. The number of hydrogen-bond donors (Lipinski definition) is 1. The number of nitrogens with zero attached hydrogens (tertiary/aromatic N) is 1. The second kappa shape index (κ2) is 6.61. The minimum Gasteiger partial charge on any atom is -0.486 e. The van der Waals surface area contributed by atoms with Gasteiger partial charge in [0.15, 0.2) is 17.6 Å². The van der Waals surface area contributed by atoms with Crippen molar-refractivity contribution in [3.05, 3.63) is 24.3 Å². The maximum absolute atomic E-state index is 12.0. The lowest BCUT2D eigenvalue weighted by Gasteiger charge is -2.30. The topological polar surface area (TPSA) is 64.8 Å². The molecule has 0 saturated carbocycles. The van der Waals surface area contributed by atoms with Crippen LogP contribution in [0.25, 0.3) is 0 Å². The number of ether oxygens (including phenoxy) is 2. The molecule has 0 bridgehead atoms. The van der Waals surface area contributed by atoms with Crippen molar-refractivity contribution in [3.8, 4) is 11.5 Å². The Labute approximate surface area is 119 Å². The first-order chi connectivity index (χ1) is 9.60. The Morgan fingerprint density at radius 2 is 2.15 bits per heavy atom. The number of likely N-dealkylation sites (N-methyl/N-ethyl adjacent to an activating group) is 1. The lowest BCUT2D eigenvalue weighted by Crippen LogP contribution is -2.43. The monoisotopic (exact) mass is 278 g/mol. The molecule has 2 N–H and O–H groups in total. The van der Waals surface area contributed by atoms with Crippen molar-refractivity contribution in [1.29, 1.82) is 0 Å². The van der Waals surface area contributed by atoms with Gasteiger partial charge in [0.25, 0.3) is 0 Å². The molecule has 2 unspecified atom stereocenters. The summed E-state index contributed by atoms with van der Waals surface area (Å²) in [4.78, 5) is 13.6. The van der Waals surface area contributed by atoms with Crippen LogP contribution in [-0.2, 0) is 4.79 Å². The number of fused-ring (bicyclic) bond motifs is 1. The Hall–Kier alpha value is -1.75. The number of amides is 1. The van der Waals surface area contributed by atoms with Crippen LogP contribution >= 0.6 is 0 Å². The molecule has 1 aliphatic rings. The van der Waals surface area contributed by atoms with Crippen molar-refractivity contribution in [2.45, 2.75) is 31.9 Å². The van der Waals surface area contributed by atoms with Gasteiger partial charge in [-0.3, -0.25) is 4.79 Å². The van der Waals surface area contributed by atoms with E-state index in [2.05, 4.69) is 0 Å². The summed E-state index contributed by atoms with van der Waals surface area (Å²) in [6.07, 6.45) is 1.03. The van der Waals surface area contributed by atoms with Crippen LogP contribution in [0.3, 0.4) is 0 Å². The molecule has 2 atom stereocenters. The number of benzene rings is 1. The zero-order valence-corrected chi connectivity index (χ0v) is 12.0. The van der Waals surface area contributed by atoms with Crippen LogP contribution in [0, 0.1) is 0 Å². The predicted molar refractivity (Wildman–Crippen MR) is 76.9 cm³/mol. The third-order valence-electron chi connectivity index (χ3n) is 3.43. The first-order valence-electron chi connectivity index (χ1n) is 6.98. The van der Waals surface area contributed by atoms with Gasteiger partial charge in [-0.25, -0.2) is 0 Å². The molecular weight excluding hydrogens is 256 g/mol. The molecule has 5 heteroatoms. The van der Waals surface area contributed by atoms with E-state index in [1.165, 1.54) is 0 Å². The molecule has 0 aliphatic carbocycles. The summed E-state index contributed by atoms with van der Waals surface area (Å²) in [7, 11) is 1.77. The van der Waals surface area contributed by atoms with E-state index in [9.17, 15) is 4.79 Å². The molecule has 1 heterocycles. The van der Waals surface area contributed by atoms with E-state index >= 15 is 0 Å². The smallest absolute Gasteiger partial charge is 0.223 e. The van der Waals surface area contributed by atoms with Gasteiger partial charge in [0, 0.05) is 19.5 Å². The van der Waals surface area contributed by atoms with Gasteiger partial charge < -0.3 is 20.1 Å². The molecule has 2 rings (SSSR count). The van der Waals surface area contributed by atoms with Gasteiger partial charge in [0.05, 0.1) is 6.54 Å². The number of rotatable bonds is 5. The molecule has 5 nitrogen and oxygen atoms in total. The molecule has 0 radical (unpaired) electrons. The Bertz CT molecular complexity index is 464. The van der Waals surface area contributed by atoms with Crippen LogP contribution in [0.1, 0.15) is 19.8 Å². The van der Waals surface area contributed by atoms with Crippen molar-refractivity contribution >= 4 is 5.91 Å². The standard InChI is InChI=1S/C15H22N2O3/c1-3-11(16)8-15(18)17(2)9-12-10-19-13-6-4-5-7-14(13)20-12/h4-7,11-12H,3,8-10,16H2,1-2H3. The molecule has 110 valence electrons. The van der Waals surface area contributed by atoms with Crippen molar-refractivity contribution < 1.29 is 14.3 Å². The van der Waals surface area contributed by atoms with E-state index in [0.717, 1.165) is 17.9 Å². The summed E-state index contributed by atoms with van der Waals surface area (Å²) < 4.78 is 11.5. The van der Waals surface area contributed by atoms with Crippen molar-refractivity contribution in [2.24, 2.45) is 5.73 Å². The lowest BCUT2D eigenvalue weighted by molar-refractivity contribution is -0.131. The zero-order chi connectivity index (χ0) is 14.5. The lowest BCUT2D eigenvalue weighted by atomic mass is 10.1. The average Bonchev–Trinajstić information content (AvgIpc) is 2.46. The number of hydrogen-bond acceptors (Lipinski definition) is 4. The molecule has 1 aromatic carbocycles. The normalized spacial score (nSPS) is 18.4. The maximum Gasteiger partial charge on any atom is 0.223 e. The quantitative estimate of drug-likeness (QED) is 0.884. The van der Waals surface area contributed by atoms with E-state index in [0.29, 0.717) is 19.6 Å². The van der Waals surface area contributed by atoms with Crippen molar-refractivity contribution in [3.63, 3.8) is 0 Å². The Kier molecular flexibility index (Phi) is 4.84. The van der Waals surface area contributed by atoms with Crippen LogP contribution in [0.4, 0.5) is 0 Å². The summed E-state index contributed by atoms with van der Waals surface area (Å²) >= 11 is 0. The molecule has 0 aromatic heterocycles. The average molecular weight is 278 g/mol. The summed E-state index contributed by atoms with van der Waals surface area (Å²) in [5.41, 5.74) is 5.80. The highest BCUT2D eigenvalue weighted by atomic mass is 16.6. The molecule has 0 spiro atoms. The second-order valence-electron chi connectivity index (χ2n) is 5.14. The summed E-state index contributed by atoms with van der Waals surface area (Å²) in [5, 5.41) is 0. The third kappa shape index (κ3) is 3.63. The third-order valence-corrected chi connectivity index (χ3v) is 3.43. The Balaban J connectivity index is 1.87. The number of para-hydroxylation sites is 2. The van der Waals surface area contributed by atoms with Crippen LogP contribution in [0.2, 0.25) is 0 Å². The molecule has 0 saturated heterocycles. The van der Waals surface area contributed by atoms with E-state index in [-0.39, 0.29) is 18.1 Å². The van der Waals surface area contributed by atoms with Crippen LogP contribution in [0.5, 0.6) is 11.5 Å². The van der Waals surface area contributed by atoms with Crippen molar-refractivity contribution in [1.82, 2.24) is 4.90 Å². The summed E-state index contributed by atoms with van der Waals surface area (Å²) in [5.74, 6) is 1.53. The number of nitrogens with two attached hydrogens (primary N) is 1. The zero-order valence-electron chi connectivity index (χ0n) is 12.0. The largest absolute Gasteiger partial charge is 0.486 e. The van der Waals surface area contributed by atoms with E-state index in [1.807, 2.05) is 31.2 Å². The highest BCUT2D eigenvalue weighted by molar-refractivity contribution is 5.76. The maximum atomic E-state index is 12.0. The fourth-order valence-corrected chi connectivity index (χ4v) is 2.08. The summed E-state index contributed by atoms with van der Waals surface area (Å²) in [6, 6.07) is 7.48. The van der Waals surface area contributed by atoms with Crippen LogP contribution in [0.15, 0.2) is 24.3 Å². The summed E-state index contributed by atoms with van der Waals surface area (Å²) in [6.45, 7) is 2.94. The first kappa shape index (κ1) is 14.7. The molecule has 1 aliphatic heterocycles. The fraction of sp³-hybridized carbons (Fsp3) is 0.533. The Morgan fingerprint density at radius 1 is 1.45 bits per heavy atom. The Morgan fingerprint density at radius 3 is 2.85 bits per heavy atom. The number of carbonyl (C=O) groups excluding carboxylic acids is 1. The van der Waals surface area contributed by atoms with Crippen LogP contribution < -0.4 is 15.2 Å². The van der Waals surface area contributed by atoms with Gasteiger partial charge in [0.2, 0.25) is 5.91 Å². The molecular formula is C15H22N2O3. The van der Waals surface area contributed by atoms with Gasteiger partial charge in [-0.2, -0.15) is 0 Å². The molecule has 20 heavy (non-hydrogen) atoms. The predicted octanol–water partition coefficient (Wildman–Crippen LogP) is 1.41. The number of carbonyl (C=O) groups is 1. The van der Waals surface area contributed by atoms with Gasteiger partial charge in [-0.15, -0.1) is 0 Å². The van der Waals surface area contributed by atoms with E-state index < -0.39 is 0 Å². The SMILES string of the molecule is CCC(N)CC(=O)N(C)CC1COc2ccccc2O1. The second-order valence-corrected chi connectivity index (χ2v) is 5.14. The van der Waals surface area contributed by atoms with Gasteiger partial charge >= 0.3 is 0 Å². The highest BCUT2D eigenvalue weighted by Crippen LogP contribution is 2.30. The van der Waals surface area contributed by atoms with Gasteiger partial charge in [-0.1, -0.05) is 19.1 Å². The fourth-order valence-electron chi connectivity index (χ4n) is 2.08. The highest BCUT2D eigenvalue weighted by Gasteiger charge is 2.24. The van der Waals surface area contributed by atoms with E-state index in [1.54, 1.807) is 11.9 Å². The van der Waals surface area contributed by atoms with Crippen LogP contribution in [-0.4, -0.2) is 43.2 Å².